The second kappa shape index (κ2) is 6.10. The van der Waals surface area contributed by atoms with E-state index in [1.807, 2.05) is 13.8 Å². The van der Waals surface area contributed by atoms with Gasteiger partial charge in [0.1, 0.15) is 5.82 Å². The molecule has 0 aliphatic rings. The molecule has 1 aromatic carbocycles. The maximum atomic E-state index is 13.2. The van der Waals surface area contributed by atoms with E-state index < -0.39 is 0 Å². The molecule has 0 bridgehead atoms. The summed E-state index contributed by atoms with van der Waals surface area (Å²) in [4.78, 5) is 4.53. The Kier molecular flexibility index (Phi) is 5.08. The van der Waals surface area contributed by atoms with E-state index >= 15 is 0 Å². The summed E-state index contributed by atoms with van der Waals surface area (Å²) in [6, 6.07) is 3.22. The average molecular weight is 239 g/mol. The third-order valence-electron chi connectivity index (χ3n) is 2.64. The van der Waals surface area contributed by atoms with Crippen molar-refractivity contribution in [2.75, 3.05) is 0 Å². The smallest absolute Gasteiger partial charge is 0.130 e. The summed E-state index contributed by atoms with van der Waals surface area (Å²) in [6.07, 6.45) is 3.34. The highest BCUT2D eigenvalue weighted by Gasteiger charge is 2.05. The van der Waals surface area contributed by atoms with Crippen molar-refractivity contribution in [3.8, 4) is 0 Å². The zero-order chi connectivity index (χ0) is 12.1. The van der Waals surface area contributed by atoms with Crippen LogP contribution >= 0.6 is 9.24 Å². The van der Waals surface area contributed by atoms with E-state index in [0.717, 1.165) is 29.8 Å². The molecule has 0 amide bonds. The molecule has 0 aromatic heterocycles. The van der Waals surface area contributed by atoms with Gasteiger partial charge in [-0.15, -0.1) is 9.24 Å². The monoisotopic (exact) mass is 239 g/mol. The van der Waals surface area contributed by atoms with Crippen LogP contribution in [0.2, 0.25) is 0 Å². The molecule has 0 aliphatic heterocycles. The Bertz CT molecular complexity index is 399. The number of halogens is 1. The lowest BCUT2D eigenvalue weighted by Gasteiger charge is -2.06. The van der Waals surface area contributed by atoms with Crippen LogP contribution in [0.3, 0.4) is 0 Å². The molecule has 0 N–H and O–H groups in total. The molecule has 3 heteroatoms. The first-order chi connectivity index (χ1) is 7.56. The molecule has 0 saturated carbocycles. The zero-order valence-corrected chi connectivity index (χ0v) is 11.3. The van der Waals surface area contributed by atoms with Gasteiger partial charge in [0.05, 0.1) is 5.69 Å². The third-order valence-corrected chi connectivity index (χ3v) is 3.35. The van der Waals surface area contributed by atoms with Crippen molar-refractivity contribution in [3.05, 3.63) is 23.5 Å². The molecular formula is C13H19FNP. The summed E-state index contributed by atoms with van der Waals surface area (Å²) in [7, 11) is 2.43. The standard InChI is InChI=1S/C13H19FNP/c1-4-5-6-9(2)15-12-8-7-11(14)13(16)10(12)3/h7-8H,4-6,16H2,1-3H3. The lowest BCUT2D eigenvalue weighted by molar-refractivity contribution is 0.636. The second-order valence-corrected chi connectivity index (χ2v) is 4.63. The molecular weight excluding hydrogens is 220 g/mol. The highest BCUT2D eigenvalue weighted by molar-refractivity contribution is 7.27. The topological polar surface area (TPSA) is 12.4 Å². The lowest BCUT2D eigenvalue weighted by atomic mass is 10.1. The molecule has 0 saturated heterocycles. The number of aliphatic imine (C=N–C) groups is 1. The Morgan fingerprint density at radius 2 is 2.12 bits per heavy atom. The van der Waals surface area contributed by atoms with Crippen molar-refractivity contribution in [1.82, 2.24) is 0 Å². The Morgan fingerprint density at radius 3 is 2.75 bits per heavy atom. The van der Waals surface area contributed by atoms with Crippen LogP contribution < -0.4 is 5.30 Å². The van der Waals surface area contributed by atoms with Gasteiger partial charge in [0.15, 0.2) is 0 Å². The molecule has 1 aromatic rings. The van der Waals surface area contributed by atoms with Gasteiger partial charge in [-0.2, -0.15) is 0 Å². The first-order valence-electron chi connectivity index (χ1n) is 5.65. The summed E-state index contributed by atoms with van der Waals surface area (Å²) in [5, 5.41) is 0.615. The van der Waals surface area contributed by atoms with Crippen molar-refractivity contribution in [1.29, 1.82) is 0 Å². The van der Waals surface area contributed by atoms with Gasteiger partial charge in [-0.1, -0.05) is 13.3 Å². The minimum absolute atomic E-state index is 0.187. The quantitative estimate of drug-likeness (QED) is 0.558. The van der Waals surface area contributed by atoms with Gasteiger partial charge in [0, 0.05) is 11.0 Å². The van der Waals surface area contributed by atoms with Crippen molar-refractivity contribution >= 4 is 25.9 Å². The molecule has 0 radical (unpaired) electrons. The molecule has 0 aliphatic carbocycles. The number of unbranched alkanes of at least 4 members (excludes halogenated alkanes) is 1. The largest absolute Gasteiger partial charge is 0.258 e. The van der Waals surface area contributed by atoms with Crippen LogP contribution in [0.25, 0.3) is 0 Å². The fraction of sp³-hybridized carbons (Fsp3) is 0.462. The minimum Gasteiger partial charge on any atom is -0.258 e. The summed E-state index contributed by atoms with van der Waals surface area (Å²) in [6.45, 7) is 6.09. The Labute approximate surface area is 99.4 Å². The normalized spacial score (nSPS) is 11.9. The van der Waals surface area contributed by atoms with Crippen molar-refractivity contribution in [3.63, 3.8) is 0 Å². The molecule has 1 atom stereocenters. The van der Waals surface area contributed by atoms with Gasteiger partial charge in [-0.05, 0) is 44.4 Å². The number of benzene rings is 1. The van der Waals surface area contributed by atoms with Crippen LogP contribution in [0.5, 0.6) is 0 Å². The molecule has 1 nitrogen and oxygen atoms in total. The molecule has 16 heavy (non-hydrogen) atoms. The summed E-state index contributed by atoms with van der Waals surface area (Å²) < 4.78 is 13.2. The summed E-state index contributed by atoms with van der Waals surface area (Å²) in [5.41, 5.74) is 2.89. The highest BCUT2D eigenvalue weighted by Crippen LogP contribution is 2.20. The molecule has 0 fully saturated rings. The van der Waals surface area contributed by atoms with Gasteiger partial charge in [0.25, 0.3) is 0 Å². The molecule has 0 heterocycles. The number of rotatable bonds is 4. The Balaban J connectivity index is 2.93. The SMILES string of the molecule is CCCCC(C)=Nc1ccc(F)c(P)c1C. The predicted molar refractivity (Wildman–Crippen MR) is 72.8 cm³/mol. The van der Waals surface area contributed by atoms with E-state index in [9.17, 15) is 4.39 Å². The molecule has 1 rings (SSSR count). The van der Waals surface area contributed by atoms with Crippen molar-refractivity contribution in [2.24, 2.45) is 4.99 Å². The predicted octanol–water partition coefficient (Wildman–Crippen LogP) is 3.92. The van der Waals surface area contributed by atoms with Gasteiger partial charge >= 0.3 is 0 Å². The fourth-order valence-electron chi connectivity index (χ4n) is 1.50. The lowest BCUT2D eigenvalue weighted by Crippen LogP contribution is -2.03. The van der Waals surface area contributed by atoms with Gasteiger partial charge in [-0.25, -0.2) is 4.39 Å². The third kappa shape index (κ3) is 3.38. The summed E-state index contributed by atoms with van der Waals surface area (Å²) >= 11 is 0. The zero-order valence-electron chi connectivity index (χ0n) is 10.2. The minimum atomic E-state index is -0.187. The van der Waals surface area contributed by atoms with E-state index in [1.54, 1.807) is 6.07 Å². The molecule has 0 spiro atoms. The van der Waals surface area contributed by atoms with Crippen LogP contribution in [-0.2, 0) is 0 Å². The number of hydrogen-bond donors (Lipinski definition) is 0. The maximum absolute atomic E-state index is 13.2. The van der Waals surface area contributed by atoms with Crippen LogP contribution in [0.1, 0.15) is 38.7 Å². The first-order valence-corrected chi connectivity index (χ1v) is 6.22. The van der Waals surface area contributed by atoms with E-state index in [-0.39, 0.29) is 5.82 Å². The van der Waals surface area contributed by atoms with Crippen molar-refractivity contribution in [2.45, 2.75) is 40.0 Å². The van der Waals surface area contributed by atoms with E-state index in [0.29, 0.717) is 5.30 Å². The molecule has 88 valence electrons. The van der Waals surface area contributed by atoms with Crippen molar-refractivity contribution < 1.29 is 4.39 Å². The fourth-order valence-corrected chi connectivity index (χ4v) is 1.74. The Hall–Kier alpha value is -0.750. The van der Waals surface area contributed by atoms with Gasteiger partial charge < -0.3 is 0 Å². The van der Waals surface area contributed by atoms with Crippen LogP contribution in [0.4, 0.5) is 10.1 Å². The van der Waals surface area contributed by atoms with Gasteiger partial charge in [-0.3, -0.25) is 4.99 Å². The van der Waals surface area contributed by atoms with E-state index in [1.165, 1.54) is 12.5 Å². The Morgan fingerprint density at radius 1 is 1.44 bits per heavy atom. The number of hydrogen-bond acceptors (Lipinski definition) is 1. The summed E-state index contributed by atoms with van der Waals surface area (Å²) in [5.74, 6) is -0.187. The van der Waals surface area contributed by atoms with Crippen LogP contribution in [0, 0.1) is 12.7 Å². The van der Waals surface area contributed by atoms with Crippen LogP contribution in [-0.4, -0.2) is 5.71 Å². The number of nitrogens with zero attached hydrogens (tertiary/aromatic N) is 1. The van der Waals surface area contributed by atoms with E-state index in [2.05, 4.69) is 21.2 Å². The second-order valence-electron chi connectivity index (χ2n) is 4.06. The molecule has 1 unspecified atom stereocenters. The maximum Gasteiger partial charge on any atom is 0.130 e. The van der Waals surface area contributed by atoms with E-state index in [4.69, 9.17) is 0 Å². The highest BCUT2D eigenvalue weighted by atomic mass is 31.0. The van der Waals surface area contributed by atoms with Crippen LogP contribution in [0.15, 0.2) is 17.1 Å². The van der Waals surface area contributed by atoms with Gasteiger partial charge in [0.2, 0.25) is 0 Å². The first kappa shape index (κ1) is 13.3. The average Bonchev–Trinajstić information content (AvgIpc) is 2.27.